The first-order valence-electron chi connectivity index (χ1n) is 6.65. The van der Waals surface area contributed by atoms with Gasteiger partial charge in [-0.25, -0.2) is 0 Å². The molecule has 0 unspecified atom stereocenters. The SMILES string of the molecule is N#Cc1c(N)[nH]c(=O)c(C#N)c1-c1ccc(CCC(=O)O)cc1. The lowest BCUT2D eigenvalue weighted by Crippen LogP contribution is -2.16. The maximum Gasteiger partial charge on any atom is 0.303 e. The summed E-state index contributed by atoms with van der Waals surface area (Å²) in [7, 11) is 0. The van der Waals surface area contributed by atoms with E-state index in [1.807, 2.05) is 6.07 Å². The van der Waals surface area contributed by atoms with Crippen molar-refractivity contribution in [2.75, 3.05) is 5.73 Å². The van der Waals surface area contributed by atoms with Gasteiger partial charge in [0.2, 0.25) is 0 Å². The molecule has 2 rings (SSSR count). The minimum absolute atomic E-state index is 0.00416. The highest BCUT2D eigenvalue weighted by Gasteiger charge is 2.17. The van der Waals surface area contributed by atoms with Crippen molar-refractivity contribution in [2.24, 2.45) is 0 Å². The molecule has 2 aromatic rings. The van der Waals surface area contributed by atoms with Gasteiger partial charge in [0.25, 0.3) is 5.56 Å². The number of pyridine rings is 1. The van der Waals surface area contributed by atoms with Crippen molar-refractivity contribution in [3.05, 3.63) is 51.3 Å². The molecule has 23 heavy (non-hydrogen) atoms. The molecule has 0 aliphatic carbocycles. The number of hydrogen-bond acceptors (Lipinski definition) is 5. The zero-order chi connectivity index (χ0) is 17.0. The Labute approximate surface area is 131 Å². The first-order chi connectivity index (χ1) is 11.0. The van der Waals surface area contributed by atoms with Gasteiger partial charge in [0.05, 0.1) is 0 Å². The van der Waals surface area contributed by atoms with Gasteiger partial charge in [0, 0.05) is 12.0 Å². The van der Waals surface area contributed by atoms with Crippen LogP contribution in [0.25, 0.3) is 11.1 Å². The van der Waals surface area contributed by atoms with Crippen molar-refractivity contribution in [3.8, 4) is 23.3 Å². The quantitative estimate of drug-likeness (QED) is 0.778. The Kier molecular flexibility index (Phi) is 4.44. The van der Waals surface area contributed by atoms with E-state index in [2.05, 4.69) is 4.98 Å². The van der Waals surface area contributed by atoms with Crippen LogP contribution in [0.1, 0.15) is 23.1 Å². The second kappa shape index (κ2) is 6.46. The fourth-order valence-electron chi connectivity index (χ4n) is 2.22. The first-order valence-corrected chi connectivity index (χ1v) is 6.65. The lowest BCUT2D eigenvalue weighted by molar-refractivity contribution is -0.136. The van der Waals surface area contributed by atoms with Gasteiger partial charge in [-0.2, -0.15) is 10.5 Å². The number of carboxylic acids is 1. The molecule has 0 radical (unpaired) electrons. The Morgan fingerprint density at radius 2 is 1.78 bits per heavy atom. The van der Waals surface area contributed by atoms with Crippen molar-refractivity contribution in [2.45, 2.75) is 12.8 Å². The van der Waals surface area contributed by atoms with Gasteiger partial charge in [0.1, 0.15) is 29.1 Å². The smallest absolute Gasteiger partial charge is 0.303 e. The Morgan fingerprint density at radius 3 is 2.30 bits per heavy atom. The van der Waals surface area contributed by atoms with Crippen molar-refractivity contribution < 1.29 is 9.90 Å². The molecule has 0 bridgehead atoms. The number of rotatable bonds is 4. The van der Waals surface area contributed by atoms with Gasteiger partial charge < -0.3 is 15.8 Å². The molecule has 0 amide bonds. The molecule has 1 aromatic carbocycles. The van der Waals surface area contributed by atoms with Crippen LogP contribution in [0.5, 0.6) is 0 Å². The summed E-state index contributed by atoms with van der Waals surface area (Å²) in [4.78, 5) is 24.7. The number of nitrogens with one attached hydrogen (secondary N) is 1. The zero-order valence-electron chi connectivity index (χ0n) is 12.0. The van der Waals surface area contributed by atoms with Crippen LogP contribution in [0.2, 0.25) is 0 Å². The zero-order valence-corrected chi connectivity index (χ0v) is 12.0. The number of benzene rings is 1. The van der Waals surface area contributed by atoms with Gasteiger partial charge in [-0.3, -0.25) is 9.59 Å². The molecule has 7 heteroatoms. The molecule has 7 nitrogen and oxygen atoms in total. The molecule has 1 aromatic heterocycles. The number of H-pyrrole nitrogens is 1. The predicted octanol–water partition coefficient (Wildman–Crippen LogP) is 1.38. The van der Waals surface area contributed by atoms with E-state index >= 15 is 0 Å². The molecule has 1 heterocycles. The summed E-state index contributed by atoms with van der Waals surface area (Å²) in [6, 6.07) is 10.3. The standard InChI is InChI=1S/C16H12N4O3/c17-7-11-14(12(8-18)16(23)20-15(11)19)10-4-1-9(2-5-10)3-6-13(21)22/h1-2,4-5H,3,6H2,(H,21,22)(H3,19,20,23). The van der Waals surface area contributed by atoms with Gasteiger partial charge in [-0.05, 0) is 17.5 Å². The Balaban J connectivity index is 2.55. The molecular weight excluding hydrogens is 296 g/mol. The topological polar surface area (TPSA) is 144 Å². The lowest BCUT2D eigenvalue weighted by Gasteiger charge is -2.09. The summed E-state index contributed by atoms with van der Waals surface area (Å²) >= 11 is 0. The molecule has 0 saturated carbocycles. The Morgan fingerprint density at radius 1 is 1.17 bits per heavy atom. The number of carboxylic acid groups (broad SMARTS) is 1. The van der Waals surface area contributed by atoms with E-state index in [0.717, 1.165) is 5.56 Å². The number of nitrogens with two attached hydrogens (primary N) is 1. The number of carbonyl (C=O) groups is 1. The summed E-state index contributed by atoms with van der Waals surface area (Å²) < 4.78 is 0. The third-order valence-corrected chi connectivity index (χ3v) is 3.34. The summed E-state index contributed by atoms with van der Waals surface area (Å²) in [6.07, 6.45) is 0.369. The van der Waals surface area contributed by atoms with Crippen molar-refractivity contribution in [1.82, 2.24) is 4.98 Å². The largest absolute Gasteiger partial charge is 0.481 e. The maximum atomic E-state index is 11.8. The number of nitriles is 2. The molecular formula is C16H12N4O3. The Bertz CT molecular complexity index is 899. The van der Waals surface area contributed by atoms with Crippen LogP contribution >= 0.6 is 0 Å². The van der Waals surface area contributed by atoms with Gasteiger partial charge >= 0.3 is 5.97 Å². The number of aromatic nitrogens is 1. The number of aliphatic carboxylic acids is 1. The molecule has 0 fully saturated rings. The Hall–Kier alpha value is -3.58. The second-order valence-corrected chi connectivity index (χ2v) is 4.81. The molecule has 114 valence electrons. The average molecular weight is 308 g/mol. The summed E-state index contributed by atoms with van der Waals surface area (Å²) in [5.41, 5.74) is 6.31. The van der Waals surface area contributed by atoms with Crippen LogP contribution in [0.15, 0.2) is 29.1 Å². The van der Waals surface area contributed by atoms with Crippen LogP contribution in [0.4, 0.5) is 5.82 Å². The number of aryl methyl sites for hydroxylation is 1. The van der Waals surface area contributed by atoms with E-state index in [1.54, 1.807) is 30.3 Å². The van der Waals surface area contributed by atoms with E-state index in [4.69, 9.17) is 10.8 Å². The van der Waals surface area contributed by atoms with Crippen LogP contribution in [-0.2, 0) is 11.2 Å². The minimum atomic E-state index is -0.894. The monoisotopic (exact) mass is 308 g/mol. The normalized spacial score (nSPS) is 9.83. The number of anilines is 1. The predicted molar refractivity (Wildman–Crippen MR) is 82.3 cm³/mol. The van der Waals surface area contributed by atoms with Gasteiger partial charge in [-0.15, -0.1) is 0 Å². The average Bonchev–Trinajstić information content (AvgIpc) is 2.53. The fourth-order valence-corrected chi connectivity index (χ4v) is 2.22. The molecule has 0 aliphatic rings. The van der Waals surface area contributed by atoms with E-state index in [0.29, 0.717) is 12.0 Å². The highest BCUT2D eigenvalue weighted by molar-refractivity contribution is 5.80. The summed E-state index contributed by atoms with van der Waals surface area (Å²) in [6.45, 7) is 0. The highest BCUT2D eigenvalue weighted by Crippen LogP contribution is 2.28. The number of nitrogens with zero attached hydrogens (tertiary/aromatic N) is 2. The van der Waals surface area contributed by atoms with Crippen LogP contribution in [-0.4, -0.2) is 16.1 Å². The molecule has 0 saturated heterocycles. The number of aromatic amines is 1. The van der Waals surface area contributed by atoms with Gasteiger partial charge in [0.15, 0.2) is 0 Å². The summed E-state index contributed by atoms with van der Waals surface area (Å²) in [5, 5.41) is 27.1. The van der Waals surface area contributed by atoms with Gasteiger partial charge in [-0.1, -0.05) is 24.3 Å². The van der Waals surface area contributed by atoms with E-state index < -0.39 is 11.5 Å². The van der Waals surface area contributed by atoms with Crippen LogP contribution in [0.3, 0.4) is 0 Å². The van der Waals surface area contributed by atoms with Crippen LogP contribution < -0.4 is 11.3 Å². The minimum Gasteiger partial charge on any atom is -0.481 e. The third-order valence-electron chi connectivity index (χ3n) is 3.34. The number of nitrogen functional groups attached to an aromatic ring is 1. The van der Waals surface area contributed by atoms with Crippen molar-refractivity contribution >= 4 is 11.8 Å². The fraction of sp³-hybridized carbons (Fsp3) is 0.125. The van der Waals surface area contributed by atoms with E-state index in [-0.39, 0.29) is 28.9 Å². The highest BCUT2D eigenvalue weighted by atomic mass is 16.4. The summed E-state index contributed by atoms with van der Waals surface area (Å²) in [5.74, 6) is -0.989. The van der Waals surface area contributed by atoms with Crippen molar-refractivity contribution in [1.29, 1.82) is 10.5 Å². The molecule has 0 aliphatic heterocycles. The van der Waals surface area contributed by atoms with E-state index in [1.165, 1.54) is 0 Å². The molecule has 0 atom stereocenters. The number of hydrogen-bond donors (Lipinski definition) is 3. The third kappa shape index (κ3) is 3.20. The first kappa shape index (κ1) is 15.8. The van der Waals surface area contributed by atoms with Crippen LogP contribution in [0, 0.1) is 22.7 Å². The van der Waals surface area contributed by atoms with Crippen molar-refractivity contribution in [3.63, 3.8) is 0 Å². The lowest BCUT2D eigenvalue weighted by atomic mass is 9.95. The molecule has 4 N–H and O–H groups in total. The maximum absolute atomic E-state index is 11.8. The molecule has 0 spiro atoms. The van der Waals surface area contributed by atoms with E-state index in [9.17, 15) is 20.1 Å². The second-order valence-electron chi connectivity index (χ2n) is 4.81.